The minimum atomic E-state index is -0.00453. The van der Waals surface area contributed by atoms with Crippen molar-refractivity contribution in [2.45, 2.75) is 12.8 Å². The molecule has 5 nitrogen and oxygen atoms in total. The lowest BCUT2D eigenvalue weighted by Gasteiger charge is -2.21. The van der Waals surface area contributed by atoms with E-state index in [9.17, 15) is 9.90 Å². The van der Waals surface area contributed by atoms with Crippen LogP contribution in [-0.2, 0) is 6.42 Å². The monoisotopic (exact) mass is 338 g/mol. The topological polar surface area (TPSA) is 65.0 Å². The molecule has 0 aromatic heterocycles. The molecule has 5 heteroatoms. The average molecular weight is 338 g/mol. The Morgan fingerprint density at radius 1 is 1.12 bits per heavy atom. The number of carbonyl (C=O) groups is 1. The van der Waals surface area contributed by atoms with E-state index in [0.717, 1.165) is 23.1 Å². The van der Waals surface area contributed by atoms with E-state index in [0.29, 0.717) is 42.4 Å². The number of rotatable bonds is 2. The van der Waals surface area contributed by atoms with Crippen molar-refractivity contribution in [2.24, 2.45) is 0 Å². The maximum Gasteiger partial charge on any atom is 0.203 e. The number of hydrogen-bond donors (Lipinski definition) is 1. The van der Waals surface area contributed by atoms with Gasteiger partial charge in [0.2, 0.25) is 5.75 Å². The number of phenolic OH excluding ortho intramolecular Hbond substituents is 1. The number of benzene rings is 2. The Kier molecular flexibility index (Phi) is 3.84. The van der Waals surface area contributed by atoms with Crippen LogP contribution in [0.3, 0.4) is 0 Å². The van der Waals surface area contributed by atoms with E-state index in [-0.39, 0.29) is 11.5 Å². The summed E-state index contributed by atoms with van der Waals surface area (Å²) in [5, 5.41) is 9.58. The summed E-state index contributed by atoms with van der Waals surface area (Å²) in [6.07, 6.45) is 3.23. The molecule has 0 atom stereocenters. The van der Waals surface area contributed by atoms with Gasteiger partial charge in [-0.2, -0.15) is 0 Å². The summed E-state index contributed by atoms with van der Waals surface area (Å²) in [5.41, 5.74) is 3.12. The van der Waals surface area contributed by atoms with Crippen LogP contribution in [0.1, 0.15) is 27.9 Å². The summed E-state index contributed by atoms with van der Waals surface area (Å²) < 4.78 is 16.6. The van der Waals surface area contributed by atoms with Gasteiger partial charge in [0, 0.05) is 11.1 Å². The Bertz CT molecular complexity index is 865. The Morgan fingerprint density at radius 2 is 1.96 bits per heavy atom. The summed E-state index contributed by atoms with van der Waals surface area (Å²) in [4.78, 5) is 12.7. The number of Topliss-reactive ketones (excluding diaryl/α,β-unsaturated/α-hetero) is 1. The van der Waals surface area contributed by atoms with Gasteiger partial charge < -0.3 is 19.3 Å². The second-order valence-corrected chi connectivity index (χ2v) is 6.09. The van der Waals surface area contributed by atoms with E-state index in [1.165, 1.54) is 0 Å². The first-order chi connectivity index (χ1) is 12.2. The summed E-state index contributed by atoms with van der Waals surface area (Å²) in [5.74, 6) is 2.01. The molecule has 0 spiro atoms. The van der Waals surface area contributed by atoms with Crippen molar-refractivity contribution in [3.63, 3.8) is 0 Å². The minimum Gasteiger partial charge on any atom is -0.508 e. The number of aromatic hydroxyl groups is 1. The van der Waals surface area contributed by atoms with Crippen LogP contribution in [0, 0.1) is 0 Å². The molecule has 1 heterocycles. The van der Waals surface area contributed by atoms with E-state index in [1.54, 1.807) is 25.3 Å². The van der Waals surface area contributed by atoms with Crippen molar-refractivity contribution in [3.8, 4) is 23.0 Å². The molecule has 0 unspecified atom stereocenters. The van der Waals surface area contributed by atoms with Crippen LogP contribution in [0.15, 0.2) is 35.9 Å². The van der Waals surface area contributed by atoms with Gasteiger partial charge in [-0.1, -0.05) is 0 Å². The number of methoxy groups -OCH3 is 1. The first kappa shape index (κ1) is 15.6. The van der Waals surface area contributed by atoms with Crippen molar-refractivity contribution in [1.82, 2.24) is 0 Å². The van der Waals surface area contributed by atoms with Crippen LogP contribution in [0.5, 0.6) is 23.0 Å². The number of aryl methyl sites for hydroxylation is 1. The predicted octanol–water partition coefficient (Wildman–Crippen LogP) is 3.38. The number of carbonyl (C=O) groups excluding carboxylic acids is 1. The first-order valence-corrected chi connectivity index (χ1v) is 8.20. The van der Waals surface area contributed by atoms with Crippen LogP contribution in [0.4, 0.5) is 0 Å². The number of allylic oxidation sites excluding steroid dienone is 1. The summed E-state index contributed by atoms with van der Waals surface area (Å²) in [7, 11) is 1.58. The third-order valence-corrected chi connectivity index (χ3v) is 4.48. The normalized spacial score (nSPS) is 17.3. The molecule has 0 saturated heterocycles. The molecular weight excluding hydrogens is 320 g/mol. The molecule has 2 aliphatic rings. The highest BCUT2D eigenvalue weighted by Crippen LogP contribution is 2.41. The molecule has 0 radical (unpaired) electrons. The fraction of sp³-hybridized carbons (Fsp3) is 0.250. The maximum absolute atomic E-state index is 12.7. The Labute approximate surface area is 145 Å². The lowest BCUT2D eigenvalue weighted by molar-refractivity contribution is 0.102. The van der Waals surface area contributed by atoms with Gasteiger partial charge in [0.1, 0.15) is 19.0 Å². The zero-order valence-electron chi connectivity index (χ0n) is 13.9. The van der Waals surface area contributed by atoms with Gasteiger partial charge in [-0.3, -0.25) is 4.79 Å². The summed E-state index contributed by atoms with van der Waals surface area (Å²) in [6.45, 7) is 0.984. The molecule has 0 fully saturated rings. The second-order valence-electron chi connectivity index (χ2n) is 6.09. The van der Waals surface area contributed by atoms with Crippen LogP contribution < -0.4 is 14.2 Å². The number of ether oxygens (including phenoxy) is 3. The van der Waals surface area contributed by atoms with Crippen LogP contribution in [0.2, 0.25) is 0 Å². The molecule has 1 N–H and O–H groups in total. The Hall–Kier alpha value is -2.95. The molecule has 0 saturated carbocycles. The molecule has 0 amide bonds. The van der Waals surface area contributed by atoms with Gasteiger partial charge >= 0.3 is 0 Å². The Balaban J connectivity index is 1.72. The van der Waals surface area contributed by atoms with Gasteiger partial charge in [-0.15, -0.1) is 0 Å². The lowest BCUT2D eigenvalue weighted by atomic mass is 9.86. The van der Waals surface area contributed by atoms with Gasteiger partial charge in [0.15, 0.2) is 17.3 Å². The second kappa shape index (κ2) is 6.16. The highest BCUT2D eigenvalue weighted by atomic mass is 16.6. The van der Waals surface area contributed by atoms with Crippen molar-refractivity contribution >= 4 is 11.9 Å². The van der Waals surface area contributed by atoms with E-state index >= 15 is 0 Å². The Morgan fingerprint density at radius 3 is 2.80 bits per heavy atom. The standard InChI is InChI=1S/C20H18O5/c1-23-17-9-12(10-18-20(17)25-7-6-24-18)8-14-3-2-13-11-15(21)4-5-16(13)19(14)22/h4-5,8-11,21H,2-3,6-7H2,1H3/b14-8+. The van der Waals surface area contributed by atoms with Crippen molar-refractivity contribution in [2.75, 3.05) is 20.3 Å². The fourth-order valence-corrected chi connectivity index (χ4v) is 3.28. The zero-order valence-corrected chi connectivity index (χ0v) is 13.9. The van der Waals surface area contributed by atoms with E-state index in [4.69, 9.17) is 14.2 Å². The quantitative estimate of drug-likeness (QED) is 0.851. The summed E-state index contributed by atoms with van der Waals surface area (Å²) in [6, 6.07) is 8.61. The third-order valence-electron chi connectivity index (χ3n) is 4.48. The molecular formula is C20H18O5. The van der Waals surface area contributed by atoms with E-state index < -0.39 is 0 Å². The van der Waals surface area contributed by atoms with Crippen LogP contribution in [-0.4, -0.2) is 31.2 Å². The number of fused-ring (bicyclic) bond motifs is 2. The largest absolute Gasteiger partial charge is 0.508 e. The highest BCUT2D eigenvalue weighted by Gasteiger charge is 2.23. The fourth-order valence-electron chi connectivity index (χ4n) is 3.28. The maximum atomic E-state index is 12.7. The van der Waals surface area contributed by atoms with Crippen molar-refractivity contribution < 1.29 is 24.1 Å². The molecule has 2 aromatic carbocycles. The predicted molar refractivity (Wildman–Crippen MR) is 92.7 cm³/mol. The molecule has 1 aliphatic heterocycles. The van der Waals surface area contributed by atoms with Crippen LogP contribution >= 0.6 is 0 Å². The molecule has 128 valence electrons. The van der Waals surface area contributed by atoms with Crippen LogP contribution in [0.25, 0.3) is 6.08 Å². The van der Waals surface area contributed by atoms with E-state index in [2.05, 4.69) is 0 Å². The smallest absolute Gasteiger partial charge is 0.203 e. The van der Waals surface area contributed by atoms with Gasteiger partial charge in [-0.05, 0) is 60.4 Å². The molecule has 2 aromatic rings. The summed E-state index contributed by atoms with van der Waals surface area (Å²) >= 11 is 0. The van der Waals surface area contributed by atoms with Crippen molar-refractivity contribution in [3.05, 3.63) is 52.6 Å². The molecule has 0 bridgehead atoms. The molecule has 25 heavy (non-hydrogen) atoms. The number of phenols is 1. The van der Waals surface area contributed by atoms with Crippen molar-refractivity contribution in [1.29, 1.82) is 0 Å². The number of hydrogen-bond acceptors (Lipinski definition) is 5. The zero-order chi connectivity index (χ0) is 17.4. The molecule has 1 aliphatic carbocycles. The minimum absolute atomic E-state index is 0.00453. The highest BCUT2D eigenvalue weighted by molar-refractivity contribution is 6.13. The SMILES string of the molecule is COc1cc(/C=C2\CCc3cc(O)ccc3C2=O)cc2c1OCCO2. The molecule has 4 rings (SSSR count). The van der Waals surface area contributed by atoms with Gasteiger partial charge in [0.05, 0.1) is 7.11 Å². The number of ketones is 1. The lowest BCUT2D eigenvalue weighted by Crippen LogP contribution is -2.16. The average Bonchev–Trinajstić information content (AvgIpc) is 2.63. The van der Waals surface area contributed by atoms with E-state index in [1.807, 2.05) is 18.2 Å². The third kappa shape index (κ3) is 2.82. The van der Waals surface area contributed by atoms with Gasteiger partial charge in [-0.25, -0.2) is 0 Å². The first-order valence-electron chi connectivity index (χ1n) is 8.20. The van der Waals surface area contributed by atoms with Gasteiger partial charge in [0.25, 0.3) is 0 Å².